The lowest BCUT2D eigenvalue weighted by Gasteiger charge is -2.37. The Morgan fingerprint density at radius 3 is 2.44 bits per heavy atom. The molecule has 0 aromatic heterocycles. The minimum Gasteiger partial charge on any atom is -0.378 e. The monoisotopic (exact) mass is 343 g/mol. The Morgan fingerprint density at radius 1 is 1.04 bits per heavy atom. The van der Waals surface area contributed by atoms with Crippen molar-refractivity contribution < 1.29 is 13.5 Å². The van der Waals surface area contributed by atoms with Crippen molar-refractivity contribution in [2.24, 2.45) is 5.92 Å². The maximum absolute atomic E-state index is 13.7. The molecule has 3 atom stereocenters. The molecule has 4 rings (SSSR count). The number of rotatable bonds is 1. The van der Waals surface area contributed by atoms with Gasteiger partial charge in [-0.1, -0.05) is 32.9 Å². The fourth-order valence-corrected chi connectivity index (χ4v) is 4.02. The summed E-state index contributed by atoms with van der Waals surface area (Å²) in [5, 5.41) is 3.50. The second-order valence-corrected chi connectivity index (χ2v) is 8.12. The number of nitrogens with one attached hydrogen (secondary N) is 1. The van der Waals surface area contributed by atoms with Crippen molar-refractivity contribution in [3.8, 4) is 0 Å². The number of hydrogen-bond acceptors (Lipinski definition) is 2. The first-order valence-electron chi connectivity index (χ1n) is 8.81. The van der Waals surface area contributed by atoms with Crippen LogP contribution in [0.2, 0.25) is 0 Å². The van der Waals surface area contributed by atoms with E-state index in [9.17, 15) is 8.78 Å². The maximum atomic E-state index is 13.7. The third-order valence-electron chi connectivity index (χ3n) is 5.34. The molecule has 1 N–H and O–H groups in total. The first kappa shape index (κ1) is 16.5. The van der Waals surface area contributed by atoms with Crippen LogP contribution in [0.15, 0.2) is 36.4 Å². The smallest absolute Gasteiger partial charge is 0.126 e. The summed E-state index contributed by atoms with van der Waals surface area (Å²) < 4.78 is 33.5. The molecule has 0 aliphatic carbocycles. The summed E-state index contributed by atoms with van der Waals surface area (Å²) in [5.41, 5.74) is 4.11. The summed E-state index contributed by atoms with van der Waals surface area (Å²) >= 11 is 0. The van der Waals surface area contributed by atoms with Gasteiger partial charge in [-0.3, -0.25) is 0 Å². The summed E-state index contributed by atoms with van der Waals surface area (Å²) in [6.45, 7) is 7.24. The summed E-state index contributed by atoms with van der Waals surface area (Å²) in [6.07, 6.45) is 0.842. The molecule has 0 amide bonds. The van der Waals surface area contributed by atoms with Crippen molar-refractivity contribution >= 4 is 5.69 Å². The molecule has 0 spiro atoms. The van der Waals surface area contributed by atoms with Crippen LogP contribution in [-0.4, -0.2) is 6.61 Å². The summed E-state index contributed by atoms with van der Waals surface area (Å²) in [4.78, 5) is 0. The molecule has 0 radical (unpaired) electrons. The van der Waals surface area contributed by atoms with Gasteiger partial charge in [0.05, 0.1) is 12.1 Å². The Bertz CT molecular complexity index is 792. The van der Waals surface area contributed by atoms with Crippen molar-refractivity contribution in [1.82, 2.24) is 0 Å². The number of benzene rings is 2. The number of hydrogen-bond donors (Lipinski definition) is 1. The van der Waals surface area contributed by atoms with Crippen molar-refractivity contribution in [3.63, 3.8) is 0 Å². The highest BCUT2D eigenvalue weighted by Gasteiger charge is 2.42. The topological polar surface area (TPSA) is 21.3 Å². The van der Waals surface area contributed by atoms with Gasteiger partial charge in [-0.05, 0) is 41.2 Å². The molecule has 2 aliphatic rings. The molecule has 2 aromatic rings. The first-order valence-corrected chi connectivity index (χ1v) is 8.81. The lowest BCUT2D eigenvalue weighted by Crippen LogP contribution is -2.30. The Morgan fingerprint density at radius 2 is 1.76 bits per heavy atom. The second kappa shape index (κ2) is 5.80. The van der Waals surface area contributed by atoms with E-state index in [1.165, 1.54) is 17.7 Å². The molecule has 2 nitrogen and oxygen atoms in total. The summed E-state index contributed by atoms with van der Waals surface area (Å²) in [5.74, 6) is -0.911. The molecule has 2 aromatic carbocycles. The minimum absolute atomic E-state index is 0.0325. The number of halogens is 2. The van der Waals surface area contributed by atoms with E-state index >= 15 is 0 Å². The number of fused-ring (bicyclic) bond motifs is 3. The molecule has 1 saturated heterocycles. The quantitative estimate of drug-likeness (QED) is 0.737. The van der Waals surface area contributed by atoms with Crippen LogP contribution in [0.3, 0.4) is 0 Å². The van der Waals surface area contributed by atoms with E-state index in [-0.39, 0.29) is 23.5 Å². The zero-order valence-electron chi connectivity index (χ0n) is 14.8. The lowest BCUT2D eigenvalue weighted by atomic mass is 9.78. The Hall–Kier alpha value is -1.94. The van der Waals surface area contributed by atoms with Crippen LogP contribution < -0.4 is 5.32 Å². The van der Waals surface area contributed by atoms with Crippen molar-refractivity contribution in [1.29, 1.82) is 0 Å². The van der Waals surface area contributed by atoms with E-state index in [4.69, 9.17) is 4.74 Å². The highest BCUT2D eigenvalue weighted by atomic mass is 19.1. The molecule has 2 aliphatic heterocycles. The Kier molecular flexibility index (Phi) is 3.84. The van der Waals surface area contributed by atoms with E-state index in [0.717, 1.165) is 23.7 Å². The van der Waals surface area contributed by atoms with Gasteiger partial charge in [0.1, 0.15) is 11.6 Å². The number of anilines is 1. The van der Waals surface area contributed by atoms with Gasteiger partial charge in [0.15, 0.2) is 0 Å². The summed E-state index contributed by atoms with van der Waals surface area (Å²) in [7, 11) is 0. The fourth-order valence-electron chi connectivity index (χ4n) is 4.02. The summed E-state index contributed by atoms with van der Waals surface area (Å²) in [6, 6.07) is 10.0. The molecule has 25 heavy (non-hydrogen) atoms. The molecular formula is C21H23F2NO. The third-order valence-corrected chi connectivity index (χ3v) is 5.34. The standard InChI is InChI=1S/C21H23F2NO/c1-21(2,3)13-4-5-18-17(10-13)20-16(6-7-25-20)19(24-18)12-8-14(22)11-15(23)9-12/h4-5,8-11,16,19-20,24H,6-7H2,1-3H3. The lowest BCUT2D eigenvalue weighted by molar-refractivity contribution is 0.0827. The average Bonchev–Trinajstić information content (AvgIpc) is 3.01. The van der Waals surface area contributed by atoms with E-state index in [1.54, 1.807) is 0 Å². The molecular weight excluding hydrogens is 320 g/mol. The van der Waals surface area contributed by atoms with Crippen molar-refractivity contribution in [2.45, 2.75) is 44.8 Å². The molecule has 0 bridgehead atoms. The van der Waals surface area contributed by atoms with Crippen LogP contribution in [0.4, 0.5) is 14.5 Å². The molecule has 4 heteroatoms. The first-order chi connectivity index (χ1) is 11.8. The average molecular weight is 343 g/mol. The zero-order valence-corrected chi connectivity index (χ0v) is 14.8. The largest absolute Gasteiger partial charge is 0.378 e. The molecule has 2 heterocycles. The van der Waals surface area contributed by atoms with Gasteiger partial charge >= 0.3 is 0 Å². The highest BCUT2D eigenvalue weighted by molar-refractivity contribution is 5.59. The number of ether oxygens (including phenoxy) is 1. The Labute approximate surface area is 147 Å². The van der Waals surface area contributed by atoms with Crippen LogP contribution >= 0.6 is 0 Å². The van der Waals surface area contributed by atoms with Gasteiger partial charge in [0, 0.05) is 29.8 Å². The minimum atomic E-state index is -0.541. The highest BCUT2D eigenvalue weighted by Crippen LogP contribution is 2.50. The Balaban J connectivity index is 1.77. The van der Waals surface area contributed by atoms with Crippen LogP contribution in [0, 0.1) is 17.6 Å². The second-order valence-electron chi connectivity index (χ2n) is 8.12. The van der Waals surface area contributed by atoms with Crippen molar-refractivity contribution in [3.05, 3.63) is 64.7 Å². The predicted molar refractivity (Wildman–Crippen MR) is 94.7 cm³/mol. The molecule has 3 unspecified atom stereocenters. The fraction of sp³-hybridized carbons (Fsp3) is 0.429. The normalized spacial score (nSPS) is 25.2. The molecule has 1 fully saturated rings. The van der Waals surface area contributed by atoms with Crippen LogP contribution in [-0.2, 0) is 10.2 Å². The van der Waals surface area contributed by atoms with E-state index < -0.39 is 11.6 Å². The van der Waals surface area contributed by atoms with E-state index in [2.05, 4.69) is 44.3 Å². The van der Waals surface area contributed by atoms with Crippen molar-refractivity contribution in [2.75, 3.05) is 11.9 Å². The van der Waals surface area contributed by atoms with E-state index in [1.807, 2.05) is 0 Å². The van der Waals surface area contributed by atoms with E-state index in [0.29, 0.717) is 12.2 Å². The van der Waals surface area contributed by atoms with Gasteiger partial charge < -0.3 is 10.1 Å². The van der Waals surface area contributed by atoms with Crippen LogP contribution in [0.5, 0.6) is 0 Å². The van der Waals surface area contributed by atoms with Gasteiger partial charge in [-0.2, -0.15) is 0 Å². The third kappa shape index (κ3) is 2.93. The van der Waals surface area contributed by atoms with Crippen LogP contribution in [0.25, 0.3) is 0 Å². The molecule has 132 valence electrons. The van der Waals surface area contributed by atoms with Gasteiger partial charge in [0.25, 0.3) is 0 Å². The predicted octanol–water partition coefficient (Wildman–Crippen LogP) is 5.51. The van der Waals surface area contributed by atoms with Gasteiger partial charge in [0.2, 0.25) is 0 Å². The zero-order chi connectivity index (χ0) is 17.8. The molecule has 0 saturated carbocycles. The maximum Gasteiger partial charge on any atom is 0.126 e. The van der Waals surface area contributed by atoms with Crippen LogP contribution in [0.1, 0.15) is 56.0 Å². The van der Waals surface area contributed by atoms with Gasteiger partial charge in [-0.25, -0.2) is 8.78 Å². The SMILES string of the molecule is CC(C)(C)c1ccc2c(c1)C1OCCC1C(c1cc(F)cc(F)c1)N2. The van der Waals surface area contributed by atoms with Gasteiger partial charge in [-0.15, -0.1) is 0 Å².